The number of sulfonamides is 1. The zero-order valence-electron chi connectivity index (χ0n) is 17.9. The number of nitrogens with zero attached hydrogens (tertiary/aromatic N) is 4. The lowest BCUT2D eigenvalue weighted by Crippen LogP contribution is -2.52. The number of hydrogen-bond acceptors (Lipinski definition) is 7. The lowest BCUT2D eigenvalue weighted by atomic mass is 9.83. The largest absolute Gasteiger partial charge is 0.378 e. The Hall–Kier alpha value is -2.10. The first-order valence-electron chi connectivity index (χ1n) is 11.0. The minimum Gasteiger partial charge on any atom is -0.378 e. The summed E-state index contributed by atoms with van der Waals surface area (Å²) >= 11 is 0. The topological polar surface area (TPSA) is 97.3 Å². The Labute approximate surface area is 184 Å². The van der Waals surface area contributed by atoms with E-state index in [2.05, 4.69) is 30.9 Å². The first-order valence-corrected chi connectivity index (χ1v) is 12.9. The molecule has 2 aromatic heterocycles. The van der Waals surface area contributed by atoms with Crippen LogP contribution in [-0.2, 0) is 14.8 Å². The van der Waals surface area contributed by atoms with Gasteiger partial charge in [-0.3, -0.25) is 0 Å². The monoisotopic (exact) mass is 445 g/mol. The molecule has 2 aromatic rings. The predicted octanol–water partition coefficient (Wildman–Crippen LogP) is 2.36. The number of aromatic nitrogens is 3. The van der Waals surface area contributed by atoms with Gasteiger partial charge in [-0.1, -0.05) is 6.07 Å². The summed E-state index contributed by atoms with van der Waals surface area (Å²) in [7, 11) is -3.27. The number of nitrogens with one attached hydrogen (secondary N) is 1. The maximum absolute atomic E-state index is 11.9. The smallest absolute Gasteiger partial charge is 0.208 e. The molecule has 0 amide bonds. The van der Waals surface area contributed by atoms with Crippen LogP contribution in [0.3, 0.4) is 0 Å². The standard InChI is InChI=1S/C22H31N5O3S/c1-31(28,29)26-21-10-13-27(22-4-2-3-11-23-22)15-19(21)16-30-20-7-5-17(6-8-20)18-9-12-24-25-14-18/h2-4,9,11-12,14,17,19-21,26H,5-8,10,13,15-16H2,1H3/t17-,19-,20+,21-/m0/s1. The van der Waals surface area contributed by atoms with E-state index >= 15 is 0 Å². The zero-order chi connectivity index (χ0) is 21.7. The van der Waals surface area contributed by atoms with Crippen LogP contribution in [0.15, 0.2) is 42.9 Å². The SMILES string of the molecule is CS(=O)(=O)N[C@H]1CCN(c2ccccn2)C[C@H]1CO[C@H]1CC[C@@H](c2ccnnc2)CC1. The average Bonchev–Trinajstić information content (AvgIpc) is 2.79. The van der Waals surface area contributed by atoms with Crippen molar-refractivity contribution in [1.82, 2.24) is 19.9 Å². The predicted molar refractivity (Wildman–Crippen MR) is 119 cm³/mol. The highest BCUT2D eigenvalue weighted by molar-refractivity contribution is 7.88. The molecule has 3 heterocycles. The molecule has 0 radical (unpaired) electrons. The van der Waals surface area contributed by atoms with Crippen molar-refractivity contribution in [2.75, 3.05) is 30.9 Å². The summed E-state index contributed by atoms with van der Waals surface area (Å²) in [4.78, 5) is 6.68. The van der Waals surface area contributed by atoms with Gasteiger partial charge in [0.15, 0.2) is 0 Å². The molecule has 0 unspecified atom stereocenters. The van der Waals surface area contributed by atoms with E-state index in [4.69, 9.17) is 4.74 Å². The Bertz CT molecular complexity index is 921. The Morgan fingerprint density at radius 2 is 1.94 bits per heavy atom. The van der Waals surface area contributed by atoms with E-state index in [1.807, 2.05) is 24.4 Å². The van der Waals surface area contributed by atoms with Gasteiger partial charge in [-0.25, -0.2) is 18.1 Å². The fourth-order valence-electron chi connectivity index (χ4n) is 4.75. The van der Waals surface area contributed by atoms with Crippen LogP contribution in [0.4, 0.5) is 5.82 Å². The molecule has 1 saturated carbocycles. The number of anilines is 1. The van der Waals surface area contributed by atoms with E-state index in [1.165, 1.54) is 11.8 Å². The lowest BCUT2D eigenvalue weighted by molar-refractivity contribution is -0.00215. The quantitative estimate of drug-likeness (QED) is 0.699. The number of ether oxygens (including phenoxy) is 1. The van der Waals surface area contributed by atoms with Crippen LogP contribution in [0.25, 0.3) is 0 Å². The summed E-state index contributed by atoms with van der Waals surface area (Å²) < 4.78 is 32.9. The Balaban J connectivity index is 1.34. The van der Waals surface area contributed by atoms with E-state index in [1.54, 1.807) is 12.4 Å². The van der Waals surface area contributed by atoms with Gasteiger partial charge in [0.25, 0.3) is 0 Å². The van der Waals surface area contributed by atoms with Crippen LogP contribution >= 0.6 is 0 Å². The molecule has 31 heavy (non-hydrogen) atoms. The van der Waals surface area contributed by atoms with Crippen molar-refractivity contribution in [2.45, 2.75) is 50.2 Å². The van der Waals surface area contributed by atoms with Crippen molar-refractivity contribution in [2.24, 2.45) is 5.92 Å². The third-order valence-corrected chi connectivity index (χ3v) is 7.10. The normalized spacial score (nSPS) is 27.2. The van der Waals surface area contributed by atoms with Gasteiger partial charge in [-0.2, -0.15) is 10.2 Å². The lowest BCUT2D eigenvalue weighted by Gasteiger charge is -2.40. The molecule has 1 N–H and O–H groups in total. The van der Waals surface area contributed by atoms with Crippen LogP contribution in [0.2, 0.25) is 0 Å². The Morgan fingerprint density at radius 3 is 2.61 bits per heavy atom. The molecule has 1 saturated heterocycles. The molecule has 2 aliphatic rings. The zero-order valence-corrected chi connectivity index (χ0v) is 18.7. The van der Waals surface area contributed by atoms with Crippen LogP contribution in [-0.4, -0.2) is 61.7 Å². The van der Waals surface area contributed by atoms with Crippen LogP contribution in [0.5, 0.6) is 0 Å². The van der Waals surface area contributed by atoms with Crippen molar-refractivity contribution >= 4 is 15.8 Å². The summed E-state index contributed by atoms with van der Waals surface area (Å²) in [5, 5.41) is 7.86. The number of rotatable bonds is 7. The van der Waals surface area contributed by atoms with Crippen molar-refractivity contribution in [3.05, 3.63) is 48.4 Å². The van der Waals surface area contributed by atoms with Gasteiger partial charge in [-0.15, -0.1) is 0 Å². The van der Waals surface area contributed by atoms with Crippen molar-refractivity contribution in [3.8, 4) is 0 Å². The van der Waals surface area contributed by atoms with Gasteiger partial charge < -0.3 is 9.64 Å². The highest BCUT2D eigenvalue weighted by Crippen LogP contribution is 2.34. The van der Waals surface area contributed by atoms with E-state index in [9.17, 15) is 8.42 Å². The average molecular weight is 446 g/mol. The van der Waals surface area contributed by atoms with Gasteiger partial charge >= 0.3 is 0 Å². The molecule has 4 rings (SSSR count). The van der Waals surface area contributed by atoms with E-state index in [0.29, 0.717) is 12.5 Å². The molecule has 0 spiro atoms. The molecule has 168 valence electrons. The Kier molecular flexibility index (Phi) is 7.14. The summed E-state index contributed by atoms with van der Waals surface area (Å²) in [6, 6.07) is 7.81. The highest BCUT2D eigenvalue weighted by atomic mass is 32.2. The van der Waals surface area contributed by atoms with Gasteiger partial charge in [-0.05, 0) is 61.8 Å². The summed E-state index contributed by atoms with van der Waals surface area (Å²) in [6.07, 6.45) is 11.8. The fourth-order valence-corrected chi connectivity index (χ4v) is 5.61. The van der Waals surface area contributed by atoms with Gasteiger partial charge in [0.1, 0.15) is 5.82 Å². The molecule has 2 atom stereocenters. The molecule has 1 aliphatic heterocycles. The summed E-state index contributed by atoms with van der Waals surface area (Å²) in [5.74, 6) is 1.52. The third kappa shape index (κ3) is 6.21. The molecule has 0 aromatic carbocycles. The third-order valence-electron chi connectivity index (χ3n) is 6.37. The highest BCUT2D eigenvalue weighted by Gasteiger charge is 2.33. The summed E-state index contributed by atoms with van der Waals surface area (Å²) in [5.41, 5.74) is 1.25. The second kappa shape index (κ2) is 10.0. The fraction of sp³-hybridized carbons (Fsp3) is 0.591. The molecule has 2 fully saturated rings. The molecule has 0 bridgehead atoms. The van der Waals surface area contributed by atoms with Crippen LogP contribution < -0.4 is 9.62 Å². The molecular formula is C22H31N5O3S. The first-order chi connectivity index (χ1) is 15.0. The molecule has 9 heteroatoms. The van der Waals surface area contributed by atoms with Crippen molar-refractivity contribution < 1.29 is 13.2 Å². The van der Waals surface area contributed by atoms with Crippen LogP contribution in [0.1, 0.15) is 43.6 Å². The molecule has 8 nitrogen and oxygen atoms in total. The second-order valence-electron chi connectivity index (χ2n) is 8.66. The minimum absolute atomic E-state index is 0.0765. The second-order valence-corrected chi connectivity index (χ2v) is 10.4. The first kappa shape index (κ1) is 22.1. The van der Waals surface area contributed by atoms with Crippen molar-refractivity contribution in [1.29, 1.82) is 0 Å². The summed E-state index contributed by atoms with van der Waals surface area (Å²) in [6.45, 7) is 2.04. The van der Waals surface area contributed by atoms with Gasteiger partial charge in [0.2, 0.25) is 10.0 Å². The minimum atomic E-state index is -3.27. The van der Waals surface area contributed by atoms with Gasteiger partial charge in [0, 0.05) is 37.4 Å². The number of hydrogen-bond donors (Lipinski definition) is 1. The van der Waals surface area contributed by atoms with E-state index in [0.717, 1.165) is 51.0 Å². The number of piperidine rings is 1. The molecular weight excluding hydrogens is 414 g/mol. The van der Waals surface area contributed by atoms with Crippen molar-refractivity contribution in [3.63, 3.8) is 0 Å². The van der Waals surface area contributed by atoms with Crippen LogP contribution in [0, 0.1) is 5.92 Å². The maximum Gasteiger partial charge on any atom is 0.208 e. The van der Waals surface area contributed by atoms with E-state index < -0.39 is 10.0 Å². The van der Waals surface area contributed by atoms with Gasteiger partial charge in [0.05, 0.1) is 25.2 Å². The molecule has 1 aliphatic carbocycles. The number of pyridine rings is 1. The van der Waals surface area contributed by atoms with E-state index in [-0.39, 0.29) is 18.1 Å². The maximum atomic E-state index is 11.9. The Morgan fingerprint density at radius 1 is 1.10 bits per heavy atom.